The van der Waals surface area contributed by atoms with E-state index in [1.54, 1.807) is 6.20 Å². The van der Waals surface area contributed by atoms with Gasteiger partial charge in [-0.3, -0.25) is 5.11 Å². The van der Waals surface area contributed by atoms with E-state index in [-0.39, 0.29) is 5.88 Å². The Morgan fingerprint density at radius 1 is 0.895 bits per heavy atom. The molecule has 0 bridgehead atoms. The quantitative estimate of drug-likeness (QED) is 0.471. The molecule has 19 heavy (non-hydrogen) atoms. The molecular weight excluding hydrogens is 234 g/mol. The lowest BCUT2D eigenvalue weighted by Crippen LogP contribution is -1.88. The fraction of sp³-hybridized carbons (Fsp3) is 0.706. The molecule has 0 aliphatic carbocycles. The largest absolute Gasteiger partial charge is 0.272 e. The molecule has 2 nitrogen and oxygen atoms in total. The molecule has 1 heterocycles. The number of hydrogen-bond donors (Lipinski definition) is 0. The smallest absolute Gasteiger partial charge is 0.267 e. The third-order valence-corrected chi connectivity index (χ3v) is 3.65. The van der Waals surface area contributed by atoms with Crippen molar-refractivity contribution in [1.29, 1.82) is 0 Å². The lowest BCUT2D eigenvalue weighted by atomic mass is 10.0. The topological polar surface area (TPSA) is 32.8 Å². The van der Waals surface area contributed by atoms with E-state index in [4.69, 9.17) is 0 Å². The van der Waals surface area contributed by atoms with Crippen LogP contribution in [0.2, 0.25) is 0 Å². The summed E-state index contributed by atoms with van der Waals surface area (Å²) in [6.45, 7) is 2.26. The molecule has 0 saturated carbocycles. The minimum Gasteiger partial charge on any atom is -0.267 e. The second kappa shape index (κ2) is 10.8. The van der Waals surface area contributed by atoms with Gasteiger partial charge in [0.05, 0.1) is 0 Å². The third kappa shape index (κ3) is 7.86. The van der Waals surface area contributed by atoms with Gasteiger partial charge in [-0.25, -0.2) is 4.98 Å². The van der Waals surface area contributed by atoms with Crippen molar-refractivity contribution in [2.45, 2.75) is 77.6 Å². The van der Waals surface area contributed by atoms with Crippen molar-refractivity contribution in [2.24, 2.45) is 0 Å². The lowest BCUT2D eigenvalue weighted by molar-refractivity contribution is 0.331. The van der Waals surface area contributed by atoms with E-state index in [1.807, 2.05) is 12.1 Å². The van der Waals surface area contributed by atoms with Gasteiger partial charge in [0, 0.05) is 11.8 Å². The Hall–Kier alpha value is -1.05. The third-order valence-electron chi connectivity index (χ3n) is 3.65. The van der Waals surface area contributed by atoms with Crippen LogP contribution < -0.4 is 0 Å². The number of unbranched alkanes of at least 4 members (excludes halogenated alkanes) is 9. The van der Waals surface area contributed by atoms with E-state index < -0.39 is 0 Å². The maximum atomic E-state index is 11.4. The lowest BCUT2D eigenvalue weighted by Gasteiger charge is -2.03. The Kier molecular flexibility index (Phi) is 9.13. The first kappa shape index (κ1) is 16.0. The summed E-state index contributed by atoms with van der Waals surface area (Å²) in [5.41, 5.74) is 0.877. The molecule has 0 N–H and O–H groups in total. The van der Waals surface area contributed by atoms with Crippen molar-refractivity contribution >= 4 is 0 Å². The van der Waals surface area contributed by atoms with Crippen LogP contribution in [0.25, 0.3) is 0 Å². The van der Waals surface area contributed by atoms with Gasteiger partial charge in [-0.15, -0.1) is 0 Å². The van der Waals surface area contributed by atoms with Gasteiger partial charge in [0.2, 0.25) is 0 Å². The van der Waals surface area contributed by atoms with Crippen LogP contribution >= 0.6 is 0 Å². The van der Waals surface area contributed by atoms with Crippen LogP contribution in [0.5, 0.6) is 5.88 Å². The fourth-order valence-electron chi connectivity index (χ4n) is 2.42. The van der Waals surface area contributed by atoms with Crippen LogP contribution in [0.3, 0.4) is 0 Å². The van der Waals surface area contributed by atoms with Gasteiger partial charge in [-0.1, -0.05) is 70.8 Å². The van der Waals surface area contributed by atoms with Crippen molar-refractivity contribution in [1.82, 2.24) is 4.98 Å². The van der Waals surface area contributed by atoms with Crippen molar-refractivity contribution in [3.05, 3.63) is 23.9 Å². The Labute approximate surface area is 118 Å². The van der Waals surface area contributed by atoms with E-state index in [9.17, 15) is 5.11 Å². The number of rotatable bonds is 11. The summed E-state index contributed by atoms with van der Waals surface area (Å²) in [7, 11) is 0. The number of nitrogens with zero attached hydrogens (tertiary/aromatic N) is 1. The molecule has 0 fully saturated rings. The standard InChI is InChI=1S/C17H28NO/c1-2-3-4-5-6-7-8-9-10-11-13-16-14-12-15-18-17(16)19/h12,14-15H,2-11,13H2,1H3. The van der Waals surface area contributed by atoms with Crippen LogP contribution in [0.4, 0.5) is 0 Å². The maximum absolute atomic E-state index is 11.4. The maximum Gasteiger partial charge on any atom is 0.272 e. The van der Waals surface area contributed by atoms with E-state index in [2.05, 4.69) is 11.9 Å². The average Bonchev–Trinajstić information content (AvgIpc) is 2.43. The van der Waals surface area contributed by atoms with Crippen molar-refractivity contribution in [2.75, 3.05) is 0 Å². The zero-order valence-corrected chi connectivity index (χ0v) is 12.4. The molecule has 107 valence electrons. The highest BCUT2D eigenvalue weighted by molar-refractivity contribution is 5.23. The average molecular weight is 262 g/mol. The first-order valence-electron chi connectivity index (χ1n) is 7.95. The summed E-state index contributed by atoms with van der Waals surface area (Å²) in [5, 5.41) is 11.4. The molecule has 1 rings (SSSR count). The van der Waals surface area contributed by atoms with Crippen LogP contribution in [-0.4, -0.2) is 4.98 Å². The van der Waals surface area contributed by atoms with E-state index in [1.165, 1.54) is 57.8 Å². The molecule has 0 aliphatic heterocycles. The molecule has 0 unspecified atom stereocenters. The highest BCUT2D eigenvalue weighted by Gasteiger charge is 2.02. The summed E-state index contributed by atoms with van der Waals surface area (Å²) < 4.78 is 0. The SMILES string of the molecule is CCCCCCCCCCCCc1cccnc1[O]. The number of aryl methyl sites for hydroxylation is 1. The van der Waals surface area contributed by atoms with E-state index >= 15 is 0 Å². The first-order chi connectivity index (χ1) is 9.34. The predicted octanol–water partition coefficient (Wildman–Crippen LogP) is 5.69. The van der Waals surface area contributed by atoms with Gasteiger partial charge in [-0.05, 0) is 18.9 Å². The van der Waals surface area contributed by atoms with Gasteiger partial charge in [0.15, 0.2) is 0 Å². The predicted molar refractivity (Wildman–Crippen MR) is 79.9 cm³/mol. The molecule has 0 spiro atoms. The van der Waals surface area contributed by atoms with Gasteiger partial charge >= 0.3 is 0 Å². The molecule has 1 aromatic heterocycles. The second-order valence-corrected chi connectivity index (χ2v) is 5.40. The second-order valence-electron chi connectivity index (χ2n) is 5.40. The van der Waals surface area contributed by atoms with Gasteiger partial charge in [-0.2, -0.15) is 0 Å². The van der Waals surface area contributed by atoms with Crippen molar-refractivity contribution in [3.63, 3.8) is 0 Å². The molecule has 2 heteroatoms. The number of pyridine rings is 1. The molecule has 0 amide bonds. The molecule has 1 radical (unpaired) electrons. The molecular formula is C17H28NO. The van der Waals surface area contributed by atoms with Gasteiger partial charge in [0.1, 0.15) is 0 Å². The monoisotopic (exact) mass is 262 g/mol. The Balaban J connectivity index is 1.90. The normalized spacial score (nSPS) is 10.8. The van der Waals surface area contributed by atoms with Crippen LogP contribution in [0.15, 0.2) is 18.3 Å². The summed E-state index contributed by atoms with van der Waals surface area (Å²) in [4.78, 5) is 3.79. The Morgan fingerprint density at radius 2 is 1.47 bits per heavy atom. The van der Waals surface area contributed by atoms with E-state index in [0.717, 1.165) is 18.4 Å². The highest BCUT2D eigenvalue weighted by atomic mass is 16.3. The highest BCUT2D eigenvalue weighted by Crippen LogP contribution is 2.17. The molecule has 0 atom stereocenters. The first-order valence-corrected chi connectivity index (χ1v) is 7.95. The molecule has 1 aromatic rings. The minimum absolute atomic E-state index is 0.0431. The summed E-state index contributed by atoms with van der Waals surface area (Å²) >= 11 is 0. The van der Waals surface area contributed by atoms with Crippen LogP contribution in [0, 0.1) is 0 Å². The fourth-order valence-corrected chi connectivity index (χ4v) is 2.42. The Bertz CT molecular complexity index is 325. The molecule has 0 aromatic carbocycles. The zero-order chi connectivity index (χ0) is 13.8. The van der Waals surface area contributed by atoms with Gasteiger partial charge in [0.25, 0.3) is 5.88 Å². The number of hydrogen-bond acceptors (Lipinski definition) is 1. The van der Waals surface area contributed by atoms with Crippen molar-refractivity contribution < 1.29 is 5.11 Å². The Morgan fingerprint density at radius 3 is 2.05 bits per heavy atom. The summed E-state index contributed by atoms with van der Waals surface area (Å²) in [6.07, 6.45) is 15.8. The minimum atomic E-state index is -0.0431. The van der Waals surface area contributed by atoms with Gasteiger partial charge < -0.3 is 0 Å². The van der Waals surface area contributed by atoms with Crippen LogP contribution in [-0.2, 0) is 11.5 Å². The zero-order valence-electron chi connectivity index (χ0n) is 12.4. The van der Waals surface area contributed by atoms with Crippen LogP contribution in [0.1, 0.15) is 76.7 Å². The summed E-state index contributed by atoms with van der Waals surface area (Å²) in [6, 6.07) is 3.76. The number of aromatic nitrogens is 1. The molecule has 0 saturated heterocycles. The molecule has 0 aliphatic rings. The van der Waals surface area contributed by atoms with E-state index in [0.29, 0.717) is 0 Å². The van der Waals surface area contributed by atoms with Crippen molar-refractivity contribution in [3.8, 4) is 5.88 Å². The summed E-state index contributed by atoms with van der Waals surface area (Å²) in [5.74, 6) is -0.0431.